The van der Waals surface area contributed by atoms with Crippen LogP contribution in [0.5, 0.6) is 5.75 Å². The van der Waals surface area contributed by atoms with Crippen LogP contribution in [0.4, 0.5) is 14.5 Å². The molecule has 0 atom stereocenters. The van der Waals surface area contributed by atoms with Gasteiger partial charge in [-0.3, -0.25) is 4.79 Å². The van der Waals surface area contributed by atoms with Gasteiger partial charge in [0.2, 0.25) is 10.0 Å². The lowest BCUT2D eigenvalue weighted by Gasteiger charge is -2.18. The Morgan fingerprint density at radius 1 is 1.10 bits per heavy atom. The zero-order valence-corrected chi connectivity index (χ0v) is 17.4. The summed E-state index contributed by atoms with van der Waals surface area (Å²) in [6.07, 6.45) is 1.49. The molecule has 1 saturated heterocycles. The van der Waals surface area contributed by atoms with Crippen LogP contribution >= 0.6 is 0 Å². The summed E-state index contributed by atoms with van der Waals surface area (Å²) in [7, 11) is -2.55. The predicted molar refractivity (Wildman–Crippen MR) is 106 cm³/mol. The first kappa shape index (κ1) is 22.6. The molecule has 1 aliphatic rings. The summed E-state index contributed by atoms with van der Waals surface area (Å²) in [5, 5.41) is 2.15. The number of nitrogens with zero attached hydrogens (tertiary/aromatic N) is 1. The summed E-state index contributed by atoms with van der Waals surface area (Å²) in [5.74, 6) is -3.51. The Labute approximate surface area is 177 Å². The fraction of sp³-hybridized carbons (Fsp3) is 0.300. The lowest BCUT2D eigenvalue weighted by Crippen LogP contribution is -2.28. The van der Waals surface area contributed by atoms with E-state index < -0.39 is 40.1 Å². The number of anilines is 1. The average molecular weight is 454 g/mol. The molecule has 0 aliphatic carbocycles. The minimum Gasteiger partial charge on any atom is -0.495 e. The van der Waals surface area contributed by atoms with Crippen molar-refractivity contribution in [2.24, 2.45) is 0 Å². The number of hydrogen-bond donors (Lipinski definition) is 1. The molecule has 0 unspecified atom stereocenters. The van der Waals surface area contributed by atoms with Crippen molar-refractivity contribution >= 4 is 27.6 Å². The zero-order valence-electron chi connectivity index (χ0n) is 16.6. The molecule has 8 nitrogen and oxygen atoms in total. The number of carbonyl (C=O) groups excluding carboxylic acids is 2. The van der Waals surface area contributed by atoms with Crippen LogP contribution in [0.15, 0.2) is 41.3 Å². The van der Waals surface area contributed by atoms with Crippen molar-refractivity contribution in [1.82, 2.24) is 4.31 Å². The molecule has 1 amide bonds. The molecule has 0 saturated carbocycles. The van der Waals surface area contributed by atoms with Gasteiger partial charge in [-0.15, -0.1) is 0 Å². The molecule has 2 aromatic carbocycles. The van der Waals surface area contributed by atoms with Crippen molar-refractivity contribution in [2.75, 3.05) is 32.1 Å². The highest BCUT2D eigenvalue weighted by molar-refractivity contribution is 7.89. The number of rotatable bonds is 7. The molecule has 0 aromatic heterocycles. The minimum absolute atomic E-state index is 0.0768. The fourth-order valence-electron chi connectivity index (χ4n) is 3.06. The van der Waals surface area contributed by atoms with Gasteiger partial charge in [0.05, 0.1) is 18.4 Å². The number of hydrogen-bond acceptors (Lipinski definition) is 6. The Morgan fingerprint density at radius 2 is 1.81 bits per heavy atom. The van der Waals surface area contributed by atoms with Crippen molar-refractivity contribution in [3.63, 3.8) is 0 Å². The number of benzene rings is 2. The summed E-state index contributed by atoms with van der Waals surface area (Å²) in [6.45, 7) is -0.00353. The van der Waals surface area contributed by atoms with E-state index in [0.717, 1.165) is 31.0 Å². The maximum Gasteiger partial charge on any atom is 0.338 e. The van der Waals surface area contributed by atoms with E-state index >= 15 is 0 Å². The van der Waals surface area contributed by atoms with Crippen molar-refractivity contribution in [2.45, 2.75) is 17.7 Å². The number of nitrogens with one attached hydrogen (secondary N) is 1. The Hall–Kier alpha value is -3.05. The molecule has 1 aliphatic heterocycles. The highest BCUT2D eigenvalue weighted by Gasteiger charge is 2.31. The molecule has 0 spiro atoms. The van der Waals surface area contributed by atoms with Crippen LogP contribution in [0.1, 0.15) is 23.2 Å². The number of carbonyl (C=O) groups is 2. The number of halogens is 2. The highest BCUT2D eigenvalue weighted by Crippen LogP contribution is 2.30. The van der Waals surface area contributed by atoms with Crippen molar-refractivity contribution in [3.05, 3.63) is 53.6 Å². The maximum absolute atomic E-state index is 13.6. The lowest BCUT2D eigenvalue weighted by molar-refractivity contribution is -0.119. The van der Waals surface area contributed by atoms with E-state index in [0.29, 0.717) is 19.2 Å². The number of esters is 1. The summed E-state index contributed by atoms with van der Waals surface area (Å²) in [5.41, 5.74) is -0.370. The van der Waals surface area contributed by atoms with Crippen LogP contribution in [0.25, 0.3) is 0 Å². The molecule has 31 heavy (non-hydrogen) atoms. The molecule has 3 rings (SSSR count). The van der Waals surface area contributed by atoms with Gasteiger partial charge >= 0.3 is 5.97 Å². The first-order valence-electron chi connectivity index (χ1n) is 9.32. The molecule has 0 bridgehead atoms. The molecular weight excluding hydrogens is 434 g/mol. The van der Waals surface area contributed by atoms with Crippen molar-refractivity contribution in [3.8, 4) is 5.75 Å². The third-order valence-electron chi connectivity index (χ3n) is 4.62. The first-order chi connectivity index (χ1) is 14.7. The van der Waals surface area contributed by atoms with Gasteiger partial charge in [-0.2, -0.15) is 4.31 Å². The number of methoxy groups -OCH3 is 1. The third kappa shape index (κ3) is 5.17. The van der Waals surface area contributed by atoms with Crippen LogP contribution < -0.4 is 10.1 Å². The molecule has 1 N–H and O–H groups in total. The topological polar surface area (TPSA) is 102 Å². The van der Waals surface area contributed by atoms with Gasteiger partial charge in [0.25, 0.3) is 5.91 Å². The fourth-order valence-corrected chi connectivity index (χ4v) is 4.76. The third-order valence-corrected chi connectivity index (χ3v) is 6.54. The van der Waals surface area contributed by atoms with Crippen molar-refractivity contribution in [1.29, 1.82) is 0 Å². The molecule has 2 aromatic rings. The van der Waals surface area contributed by atoms with E-state index in [4.69, 9.17) is 9.47 Å². The smallest absolute Gasteiger partial charge is 0.338 e. The largest absolute Gasteiger partial charge is 0.495 e. The maximum atomic E-state index is 13.6. The second-order valence-electron chi connectivity index (χ2n) is 6.73. The van der Waals surface area contributed by atoms with Gasteiger partial charge in [0, 0.05) is 19.2 Å². The van der Waals surface area contributed by atoms with E-state index in [2.05, 4.69) is 5.32 Å². The highest BCUT2D eigenvalue weighted by atomic mass is 32.2. The predicted octanol–water partition coefficient (Wildman–Crippen LogP) is 2.55. The normalized spacial score (nSPS) is 14.3. The van der Waals surface area contributed by atoms with Gasteiger partial charge in [0.15, 0.2) is 6.61 Å². The first-order valence-corrected chi connectivity index (χ1v) is 10.8. The molecular formula is C20H20F2N2O6S. The summed E-state index contributed by atoms with van der Waals surface area (Å²) in [4.78, 5) is 24.1. The minimum atomic E-state index is -3.87. The summed E-state index contributed by atoms with van der Waals surface area (Å²) < 4.78 is 63.6. The van der Waals surface area contributed by atoms with Crippen LogP contribution in [0, 0.1) is 11.6 Å². The van der Waals surface area contributed by atoms with Gasteiger partial charge in [-0.05, 0) is 43.2 Å². The molecule has 1 heterocycles. The molecule has 1 fully saturated rings. The quantitative estimate of drug-likeness (QED) is 0.646. The molecule has 166 valence electrons. The Bertz CT molecular complexity index is 1100. The number of sulfonamides is 1. The standard InChI is InChI=1S/C20H20F2N2O6S/c1-29-17-7-4-13(10-18(17)31(27,28)24-8-2-3-9-24)20(26)30-12-19(25)23-16-6-5-14(21)11-15(16)22/h4-7,10-11H,2-3,8-9,12H2,1H3,(H,23,25). The van der Waals surface area contributed by atoms with Gasteiger partial charge in [0.1, 0.15) is 22.3 Å². The Morgan fingerprint density at radius 3 is 2.45 bits per heavy atom. The lowest BCUT2D eigenvalue weighted by atomic mass is 10.2. The van der Waals surface area contributed by atoms with Crippen LogP contribution in [0.3, 0.4) is 0 Å². The molecule has 11 heteroatoms. The van der Waals surface area contributed by atoms with Gasteiger partial charge < -0.3 is 14.8 Å². The monoisotopic (exact) mass is 454 g/mol. The zero-order chi connectivity index (χ0) is 22.6. The van der Waals surface area contributed by atoms with Crippen LogP contribution in [-0.2, 0) is 19.6 Å². The second-order valence-corrected chi connectivity index (χ2v) is 8.63. The van der Waals surface area contributed by atoms with E-state index in [-0.39, 0.29) is 21.9 Å². The van der Waals surface area contributed by atoms with Crippen LogP contribution in [0.2, 0.25) is 0 Å². The Balaban J connectivity index is 1.71. The number of amides is 1. The Kier molecular flexibility index (Phi) is 6.86. The SMILES string of the molecule is COc1ccc(C(=O)OCC(=O)Nc2ccc(F)cc2F)cc1S(=O)(=O)N1CCCC1. The van der Waals surface area contributed by atoms with Gasteiger partial charge in [-0.1, -0.05) is 0 Å². The van der Waals surface area contributed by atoms with Gasteiger partial charge in [-0.25, -0.2) is 22.0 Å². The molecule has 0 radical (unpaired) electrons. The van der Waals surface area contributed by atoms with E-state index in [1.807, 2.05) is 0 Å². The van der Waals surface area contributed by atoms with E-state index in [1.165, 1.54) is 23.5 Å². The average Bonchev–Trinajstić information content (AvgIpc) is 3.29. The van der Waals surface area contributed by atoms with E-state index in [1.54, 1.807) is 0 Å². The van der Waals surface area contributed by atoms with E-state index in [9.17, 15) is 26.8 Å². The second kappa shape index (κ2) is 9.40. The van der Waals surface area contributed by atoms with Crippen molar-refractivity contribution < 1.29 is 36.3 Å². The van der Waals surface area contributed by atoms with Crippen LogP contribution in [-0.4, -0.2) is 51.4 Å². The number of ether oxygens (including phenoxy) is 2. The summed E-state index contributed by atoms with van der Waals surface area (Å²) >= 11 is 0. The summed E-state index contributed by atoms with van der Waals surface area (Å²) in [6, 6.07) is 6.36.